The summed E-state index contributed by atoms with van der Waals surface area (Å²) >= 11 is 4.38. The van der Waals surface area contributed by atoms with Gasteiger partial charge in [0.25, 0.3) is 0 Å². The van der Waals surface area contributed by atoms with Gasteiger partial charge in [-0.2, -0.15) is 4.98 Å². The van der Waals surface area contributed by atoms with Crippen LogP contribution in [0.3, 0.4) is 0 Å². The molecule has 0 unspecified atom stereocenters. The van der Waals surface area contributed by atoms with Crippen LogP contribution in [-0.2, 0) is 11.2 Å². The Labute approximate surface area is 260 Å². The molecule has 0 saturated heterocycles. The normalized spacial score (nSPS) is 11.0. The average Bonchev–Trinajstić information content (AvgIpc) is 2.89. The first kappa shape index (κ1) is 31.9. The number of amides is 3. The Kier molecular flexibility index (Phi) is 11.4. The van der Waals surface area contributed by atoms with Crippen molar-refractivity contribution >= 4 is 85.4 Å². The molecule has 0 aliphatic heterocycles. The summed E-state index contributed by atoms with van der Waals surface area (Å²) in [5, 5.41) is 8.85. The van der Waals surface area contributed by atoms with E-state index in [1.54, 1.807) is 38.1 Å². The molecule has 11 nitrogen and oxygen atoms in total. The fourth-order valence-electron chi connectivity index (χ4n) is 4.02. The number of carbonyl (C=O) groups excluding carboxylic acids is 2. The summed E-state index contributed by atoms with van der Waals surface area (Å²) in [7, 11) is 7.34. The Morgan fingerprint density at radius 2 is 1.88 bits per heavy atom. The Morgan fingerprint density at radius 3 is 2.52 bits per heavy atom. The lowest BCUT2D eigenvalue weighted by Gasteiger charge is -2.21. The van der Waals surface area contributed by atoms with Crippen molar-refractivity contribution < 1.29 is 18.7 Å². The van der Waals surface area contributed by atoms with Crippen LogP contribution in [0, 0.1) is 14.1 Å². The molecule has 0 saturated carbocycles. The minimum Gasteiger partial charge on any atom is -0.494 e. The van der Waals surface area contributed by atoms with Crippen molar-refractivity contribution in [3.8, 4) is 5.75 Å². The molecule has 0 bridgehead atoms. The lowest BCUT2D eigenvalue weighted by Crippen LogP contribution is -2.33. The van der Waals surface area contributed by atoms with Gasteiger partial charge < -0.3 is 34.9 Å². The molecule has 1 heterocycles. The number of halogens is 2. The highest BCUT2D eigenvalue weighted by Gasteiger charge is 2.20. The minimum atomic E-state index is -0.587. The number of urea groups is 1. The molecule has 0 spiro atoms. The predicted molar refractivity (Wildman–Crippen MR) is 174 cm³/mol. The third-order valence-corrected chi connectivity index (χ3v) is 8.09. The molecule has 13 heteroatoms. The van der Waals surface area contributed by atoms with E-state index in [-0.39, 0.29) is 23.3 Å². The molecule has 40 heavy (non-hydrogen) atoms. The van der Waals surface area contributed by atoms with Gasteiger partial charge in [-0.05, 0) is 109 Å². The van der Waals surface area contributed by atoms with Gasteiger partial charge in [0.1, 0.15) is 5.75 Å². The number of nitrogens with one attached hydrogen (secondary N) is 3. The molecular weight excluding hydrogens is 742 g/mol. The van der Waals surface area contributed by atoms with Gasteiger partial charge in [0.15, 0.2) is 0 Å². The number of rotatable bonds is 11. The van der Waals surface area contributed by atoms with Crippen LogP contribution in [0.15, 0.2) is 27.4 Å². The number of aromatic nitrogens is 1. The number of hydrogen-bond donors (Lipinski definition) is 3. The number of ether oxygens (including phenoxy) is 1. The Hall–Kier alpha value is -2.66. The van der Waals surface area contributed by atoms with Crippen LogP contribution < -0.4 is 26.3 Å². The van der Waals surface area contributed by atoms with Gasteiger partial charge in [-0.15, -0.1) is 0 Å². The number of carbonyl (C=O) groups is 2. The Bertz CT molecular complexity index is 1460. The van der Waals surface area contributed by atoms with E-state index in [4.69, 9.17) is 9.15 Å². The molecule has 0 aliphatic rings. The van der Waals surface area contributed by atoms with Crippen molar-refractivity contribution in [1.82, 2.24) is 20.1 Å². The van der Waals surface area contributed by atoms with E-state index in [0.29, 0.717) is 54.1 Å². The van der Waals surface area contributed by atoms with Crippen LogP contribution in [0.4, 0.5) is 22.2 Å². The zero-order valence-corrected chi connectivity index (χ0v) is 27.7. The van der Waals surface area contributed by atoms with Crippen LogP contribution in [0.1, 0.15) is 24.5 Å². The molecule has 0 fully saturated rings. The molecule has 0 atom stereocenters. The number of aryl methyl sites for hydroxylation is 2. The first-order valence-corrected chi connectivity index (χ1v) is 14.8. The van der Waals surface area contributed by atoms with Crippen molar-refractivity contribution in [2.45, 2.75) is 26.7 Å². The van der Waals surface area contributed by atoms with E-state index >= 15 is 0 Å². The van der Waals surface area contributed by atoms with Crippen molar-refractivity contribution in [3.63, 3.8) is 0 Å². The van der Waals surface area contributed by atoms with E-state index in [1.807, 2.05) is 32.0 Å². The summed E-state index contributed by atoms with van der Waals surface area (Å²) in [6.07, 6.45) is 0.780. The molecule has 2 aromatic carbocycles. The molecule has 3 amide bonds. The van der Waals surface area contributed by atoms with E-state index in [2.05, 4.69) is 66.1 Å². The van der Waals surface area contributed by atoms with Gasteiger partial charge in [-0.1, -0.05) is 0 Å². The van der Waals surface area contributed by atoms with Crippen molar-refractivity contribution in [2.24, 2.45) is 0 Å². The number of likely N-dealkylation sites (N-methyl/N-ethyl adjacent to an activating group) is 2. The second-order valence-corrected chi connectivity index (χ2v) is 11.6. The largest absolute Gasteiger partial charge is 0.494 e. The standard InChI is InChI=1S/C27H34I2N6O5/c1-7-30-26(38)31-18-9-10-19-21(15(18)2)25(37)40-27(32-19)33-23-16(14-17(28)24(39-6)22(23)29)8-11-20(36)35(5)13-12-34(3)4/h9-10,14H,7-8,11-13H2,1-6H3,(H,32,33)(H2,30,31,38). The van der Waals surface area contributed by atoms with Crippen LogP contribution in [0.2, 0.25) is 0 Å². The fraction of sp³-hybridized carbons (Fsp3) is 0.407. The number of benzene rings is 2. The summed E-state index contributed by atoms with van der Waals surface area (Å²) in [6, 6.07) is 4.97. The predicted octanol–water partition coefficient (Wildman–Crippen LogP) is 4.55. The molecule has 3 N–H and O–H groups in total. The van der Waals surface area contributed by atoms with Crippen molar-refractivity contribution in [3.05, 3.63) is 46.9 Å². The highest BCUT2D eigenvalue weighted by Crippen LogP contribution is 2.38. The van der Waals surface area contributed by atoms with Gasteiger partial charge in [0.2, 0.25) is 5.91 Å². The summed E-state index contributed by atoms with van der Waals surface area (Å²) in [6.45, 7) is 5.44. The SMILES string of the molecule is CCNC(=O)Nc1ccc2nc(Nc3c(CCC(=O)N(C)CCN(C)C)cc(I)c(OC)c3I)oc(=O)c2c1C. The second-order valence-electron chi connectivity index (χ2n) is 9.41. The number of fused-ring (bicyclic) bond motifs is 1. The Balaban J connectivity index is 1.94. The molecule has 3 aromatic rings. The summed E-state index contributed by atoms with van der Waals surface area (Å²) in [5.74, 6) is 0.707. The van der Waals surface area contributed by atoms with Crippen molar-refractivity contribution in [2.75, 3.05) is 58.5 Å². The maximum atomic E-state index is 13.1. The number of nitrogens with zero attached hydrogens (tertiary/aromatic N) is 3. The van der Waals surface area contributed by atoms with Crippen LogP contribution in [0.25, 0.3) is 10.9 Å². The Morgan fingerprint density at radius 1 is 1.15 bits per heavy atom. The highest BCUT2D eigenvalue weighted by atomic mass is 127. The van der Waals surface area contributed by atoms with E-state index < -0.39 is 5.63 Å². The molecule has 216 valence electrons. The monoisotopic (exact) mass is 776 g/mol. The molecule has 3 rings (SSSR count). The summed E-state index contributed by atoms with van der Waals surface area (Å²) in [4.78, 5) is 46.2. The molecule has 1 aromatic heterocycles. The van der Waals surface area contributed by atoms with Crippen LogP contribution in [0.5, 0.6) is 5.75 Å². The zero-order valence-electron chi connectivity index (χ0n) is 23.4. The summed E-state index contributed by atoms with van der Waals surface area (Å²) < 4.78 is 12.9. The number of anilines is 3. The van der Waals surface area contributed by atoms with Gasteiger partial charge in [0.05, 0.1) is 30.8 Å². The van der Waals surface area contributed by atoms with E-state index in [9.17, 15) is 14.4 Å². The van der Waals surface area contributed by atoms with Crippen LogP contribution in [-0.4, -0.2) is 74.6 Å². The lowest BCUT2D eigenvalue weighted by atomic mass is 10.1. The minimum absolute atomic E-state index is 0.0122. The van der Waals surface area contributed by atoms with Gasteiger partial charge >= 0.3 is 17.7 Å². The zero-order chi connectivity index (χ0) is 29.6. The van der Waals surface area contributed by atoms with Crippen LogP contribution >= 0.6 is 45.2 Å². The molecule has 0 aliphatic carbocycles. The summed E-state index contributed by atoms with van der Waals surface area (Å²) in [5.41, 5.74) is 2.40. The first-order valence-electron chi connectivity index (χ1n) is 12.7. The maximum Gasteiger partial charge on any atom is 0.348 e. The van der Waals surface area contributed by atoms with Gasteiger partial charge in [-0.3, -0.25) is 4.79 Å². The molecule has 0 radical (unpaired) electrons. The average molecular weight is 776 g/mol. The lowest BCUT2D eigenvalue weighted by molar-refractivity contribution is -0.129. The first-order chi connectivity index (χ1) is 19.0. The number of methoxy groups -OCH3 is 1. The quantitative estimate of drug-likeness (QED) is 0.242. The smallest absolute Gasteiger partial charge is 0.348 e. The second kappa shape index (κ2) is 14.3. The topological polar surface area (TPSA) is 129 Å². The van der Waals surface area contributed by atoms with Gasteiger partial charge in [-0.25, -0.2) is 9.59 Å². The highest BCUT2D eigenvalue weighted by molar-refractivity contribution is 14.1. The van der Waals surface area contributed by atoms with E-state index in [1.165, 1.54) is 0 Å². The van der Waals surface area contributed by atoms with Gasteiger partial charge in [0, 0.05) is 38.8 Å². The number of hydrogen-bond acceptors (Lipinski definition) is 8. The third-order valence-electron chi connectivity index (χ3n) is 6.25. The van der Waals surface area contributed by atoms with E-state index in [0.717, 1.165) is 19.2 Å². The molecular formula is C27H34I2N6O5. The van der Waals surface area contributed by atoms with Crippen molar-refractivity contribution in [1.29, 1.82) is 0 Å². The fourth-order valence-corrected chi connectivity index (χ4v) is 6.39. The maximum absolute atomic E-state index is 13.1. The third kappa shape index (κ3) is 7.75.